The Morgan fingerprint density at radius 3 is 2.79 bits per heavy atom. The number of aromatic nitrogens is 2. The van der Waals surface area contributed by atoms with Crippen LogP contribution in [0.25, 0.3) is 17.5 Å². The minimum atomic E-state index is -1.05. The van der Waals surface area contributed by atoms with Crippen LogP contribution in [0.15, 0.2) is 50.3 Å². The Morgan fingerprint density at radius 1 is 1.33 bits per heavy atom. The summed E-state index contributed by atoms with van der Waals surface area (Å²) in [5, 5.41) is 19.8. The highest BCUT2D eigenvalue weighted by molar-refractivity contribution is 8.03. The summed E-state index contributed by atoms with van der Waals surface area (Å²) >= 11 is 8.48. The van der Waals surface area contributed by atoms with E-state index in [2.05, 4.69) is 10.2 Å². The van der Waals surface area contributed by atoms with Gasteiger partial charge in [-0.1, -0.05) is 23.7 Å². The van der Waals surface area contributed by atoms with Crippen LogP contribution >= 0.6 is 34.7 Å². The summed E-state index contributed by atoms with van der Waals surface area (Å²) in [6.07, 6.45) is 1.60. The number of carboxylic acid groups (broad SMARTS) is 1. The zero-order valence-corrected chi connectivity index (χ0v) is 14.8. The predicted molar refractivity (Wildman–Crippen MR) is 95.3 cm³/mol. The van der Waals surface area contributed by atoms with E-state index in [4.69, 9.17) is 16.0 Å². The smallest absolute Gasteiger partial charge is 0.342 e. The first-order chi connectivity index (χ1) is 11.5. The van der Waals surface area contributed by atoms with Crippen molar-refractivity contribution < 1.29 is 14.3 Å². The molecule has 1 N–H and O–H groups in total. The number of aryl methyl sites for hydroxylation is 1. The first kappa shape index (κ1) is 16.8. The van der Waals surface area contributed by atoms with Gasteiger partial charge in [0.2, 0.25) is 5.89 Å². The molecule has 0 radical (unpaired) electrons. The molecular formula is C16H11ClN2O3S2. The van der Waals surface area contributed by atoms with Crippen LogP contribution in [0.4, 0.5) is 0 Å². The van der Waals surface area contributed by atoms with Gasteiger partial charge in [-0.2, -0.15) is 0 Å². The molecule has 0 amide bonds. The lowest BCUT2D eigenvalue weighted by molar-refractivity contribution is -0.131. The summed E-state index contributed by atoms with van der Waals surface area (Å²) in [5.41, 5.74) is 1.62. The summed E-state index contributed by atoms with van der Waals surface area (Å²) in [6, 6.07) is 9.01. The molecule has 0 atom stereocenters. The van der Waals surface area contributed by atoms with E-state index < -0.39 is 5.97 Å². The van der Waals surface area contributed by atoms with Gasteiger partial charge >= 0.3 is 5.97 Å². The molecule has 0 aliphatic heterocycles. The molecule has 2 aromatic heterocycles. The van der Waals surface area contributed by atoms with Gasteiger partial charge in [-0.3, -0.25) is 0 Å². The minimum absolute atomic E-state index is 0.106. The first-order valence-corrected chi connectivity index (χ1v) is 8.87. The third-order valence-corrected chi connectivity index (χ3v) is 5.23. The van der Waals surface area contributed by atoms with Crippen LogP contribution in [0.2, 0.25) is 5.02 Å². The van der Waals surface area contributed by atoms with Gasteiger partial charge in [-0.25, -0.2) is 4.79 Å². The lowest BCUT2D eigenvalue weighted by Crippen LogP contribution is -1.96. The maximum atomic E-state index is 11.5. The van der Waals surface area contributed by atoms with Crippen molar-refractivity contribution in [3.05, 3.63) is 56.1 Å². The standard InChI is InChI=1S/C16H11ClN2O3S2/c1-9-6-7-23-12(9)8-13(15(20)21)24-16-19-18-14(22-16)10-4-2-3-5-11(10)17/h2-8H,1H3,(H,20,21)/b13-8+. The van der Waals surface area contributed by atoms with Gasteiger partial charge in [0.1, 0.15) is 4.91 Å². The van der Waals surface area contributed by atoms with E-state index in [0.717, 1.165) is 22.2 Å². The molecule has 24 heavy (non-hydrogen) atoms. The van der Waals surface area contributed by atoms with E-state index in [1.165, 1.54) is 11.3 Å². The van der Waals surface area contributed by atoms with Crippen molar-refractivity contribution in [3.63, 3.8) is 0 Å². The highest BCUT2D eigenvalue weighted by atomic mass is 35.5. The van der Waals surface area contributed by atoms with Crippen LogP contribution in [-0.4, -0.2) is 21.3 Å². The maximum absolute atomic E-state index is 11.5. The number of carboxylic acids is 1. The molecule has 8 heteroatoms. The lowest BCUT2D eigenvalue weighted by Gasteiger charge is -1.99. The second-order valence-corrected chi connectivity index (χ2v) is 7.08. The van der Waals surface area contributed by atoms with Crippen molar-refractivity contribution in [1.29, 1.82) is 0 Å². The number of benzene rings is 1. The number of rotatable bonds is 5. The molecule has 0 saturated heterocycles. The number of hydrogen-bond donors (Lipinski definition) is 1. The second kappa shape index (κ2) is 7.21. The van der Waals surface area contributed by atoms with Crippen molar-refractivity contribution in [2.24, 2.45) is 0 Å². The Morgan fingerprint density at radius 2 is 2.12 bits per heavy atom. The number of thioether (sulfide) groups is 1. The Labute approximate surface area is 151 Å². The van der Waals surface area contributed by atoms with E-state index in [9.17, 15) is 9.90 Å². The van der Waals surface area contributed by atoms with Gasteiger partial charge in [0.15, 0.2) is 0 Å². The monoisotopic (exact) mass is 378 g/mol. The highest BCUT2D eigenvalue weighted by Gasteiger charge is 2.17. The zero-order chi connectivity index (χ0) is 17.1. The highest BCUT2D eigenvalue weighted by Crippen LogP contribution is 2.33. The molecule has 3 rings (SSSR count). The van der Waals surface area contributed by atoms with Crippen LogP contribution in [0.5, 0.6) is 0 Å². The van der Waals surface area contributed by atoms with Crippen molar-refractivity contribution >= 4 is 46.7 Å². The Bertz CT molecular complexity index is 917. The third-order valence-electron chi connectivity index (χ3n) is 3.08. The van der Waals surface area contributed by atoms with Crippen LogP contribution in [0, 0.1) is 6.92 Å². The largest absolute Gasteiger partial charge is 0.477 e. The van der Waals surface area contributed by atoms with E-state index in [1.54, 1.807) is 30.3 Å². The molecule has 0 unspecified atom stereocenters. The fourth-order valence-corrected chi connectivity index (χ4v) is 3.68. The molecule has 0 fully saturated rings. The summed E-state index contributed by atoms with van der Waals surface area (Å²) in [5.74, 6) is -0.801. The Kier molecular flexibility index (Phi) is 5.03. The van der Waals surface area contributed by atoms with Crippen LogP contribution in [0.3, 0.4) is 0 Å². The molecular weight excluding hydrogens is 368 g/mol. The molecule has 2 heterocycles. The fourth-order valence-electron chi connectivity index (χ4n) is 1.87. The number of carbonyl (C=O) groups is 1. The first-order valence-electron chi connectivity index (χ1n) is 6.80. The molecule has 5 nitrogen and oxygen atoms in total. The van der Waals surface area contributed by atoms with E-state index >= 15 is 0 Å². The van der Waals surface area contributed by atoms with Crippen molar-refractivity contribution in [2.45, 2.75) is 12.1 Å². The van der Waals surface area contributed by atoms with Gasteiger partial charge in [0.05, 0.1) is 10.6 Å². The normalized spacial score (nSPS) is 11.7. The minimum Gasteiger partial charge on any atom is -0.477 e. The average Bonchev–Trinajstić information content (AvgIpc) is 3.17. The van der Waals surface area contributed by atoms with Crippen molar-refractivity contribution in [3.8, 4) is 11.5 Å². The van der Waals surface area contributed by atoms with Crippen LogP contribution in [-0.2, 0) is 4.79 Å². The van der Waals surface area contributed by atoms with Gasteiger partial charge in [0, 0.05) is 4.88 Å². The van der Waals surface area contributed by atoms with Gasteiger partial charge in [0.25, 0.3) is 5.22 Å². The summed E-state index contributed by atoms with van der Waals surface area (Å²) in [6.45, 7) is 1.93. The van der Waals surface area contributed by atoms with E-state index in [0.29, 0.717) is 10.6 Å². The Balaban J connectivity index is 1.87. The zero-order valence-electron chi connectivity index (χ0n) is 12.4. The molecule has 1 aromatic carbocycles. The lowest BCUT2D eigenvalue weighted by atomic mass is 10.2. The molecule has 0 aliphatic rings. The predicted octanol–water partition coefficient (Wildman–Crippen LogP) is 4.98. The van der Waals surface area contributed by atoms with E-state index in [-0.39, 0.29) is 16.0 Å². The summed E-state index contributed by atoms with van der Waals surface area (Å²) < 4.78 is 5.54. The summed E-state index contributed by atoms with van der Waals surface area (Å²) in [4.78, 5) is 12.5. The van der Waals surface area contributed by atoms with Crippen LogP contribution in [0.1, 0.15) is 10.4 Å². The number of thiophene rings is 1. The van der Waals surface area contributed by atoms with Crippen molar-refractivity contribution in [2.75, 3.05) is 0 Å². The molecule has 122 valence electrons. The number of hydrogen-bond acceptors (Lipinski definition) is 6. The Hall–Kier alpha value is -2.09. The number of halogens is 1. The average molecular weight is 379 g/mol. The van der Waals surface area contributed by atoms with Crippen molar-refractivity contribution in [1.82, 2.24) is 10.2 Å². The quantitative estimate of drug-likeness (QED) is 0.498. The second-order valence-electron chi connectivity index (χ2n) is 4.74. The topological polar surface area (TPSA) is 76.2 Å². The molecule has 0 aliphatic carbocycles. The molecule has 0 bridgehead atoms. The summed E-state index contributed by atoms with van der Waals surface area (Å²) in [7, 11) is 0. The van der Waals surface area contributed by atoms with Crippen LogP contribution < -0.4 is 0 Å². The van der Waals surface area contributed by atoms with Gasteiger partial charge in [-0.15, -0.1) is 21.5 Å². The van der Waals surface area contributed by atoms with Gasteiger partial charge in [-0.05, 0) is 53.9 Å². The van der Waals surface area contributed by atoms with E-state index in [1.807, 2.05) is 18.4 Å². The van der Waals surface area contributed by atoms with Gasteiger partial charge < -0.3 is 9.52 Å². The molecule has 0 spiro atoms. The number of nitrogens with zero attached hydrogens (tertiary/aromatic N) is 2. The maximum Gasteiger partial charge on any atom is 0.342 e. The SMILES string of the molecule is Cc1ccsc1/C=C(/Sc1nnc(-c2ccccc2Cl)o1)C(=O)O. The molecule has 3 aromatic rings. The number of aliphatic carboxylic acids is 1. The molecule has 0 saturated carbocycles. The third kappa shape index (κ3) is 3.69. The fraction of sp³-hybridized carbons (Fsp3) is 0.0625.